The first-order valence-corrected chi connectivity index (χ1v) is 6.12. The van der Waals surface area contributed by atoms with Crippen LogP contribution in [-0.2, 0) is 11.2 Å². The van der Waals surface area contributed by atoms with Crippen molar-refractivity contribution < 1.29 is 14.3 Å². The molecule has 3 N–H and O–H groups in total. The van der Waals surface area contributed by atoms with Gasteiger partial charge in [0.2, 0.25) is 0 Å². The summed E-state index contributed by atoms with van der Waals surface area (Å²) in [7, 11) is 0. The molecule has 96 valence electrons. The van der Waals surface area contributed by atoms with E-state index in [2.05, 4.69) is 0 Å². The molecule has 0 aliphatic carbocycles. The number of aryl methyl sites for hydroxylation is 1. The van der Waals surface area contributed by atoms with Crippen molar-refractivity contribution in [3.8, 4) is 0 Å². The smallest absolute Gasteiger partial charge is 0.320 e. The highest BCUT2D eigenvalue weighted by atomic mass is 16.4. The highest BCUT2D eigenvalue weighted by Crippen LogP contribution is 2.22. The summed E-state index contributed by atoms with van der Waals surface area (Å²) in [6.45, 7) is 0. The number of aliphatic carboxylic acids is 1. The van der Waals surface area contributed by atoms with Crippen molar-refractivity contribution in [2.75, 3.05) is 0 Å². The van der Waals surface area contributed by atoms with Crippen molar-refractivity contribution in [3.63, 3.8) is 0 Å². The van der Waals surface area contributed by atoms with Crippen molar-refractivity contribution >= 4 is 16.9 Å². The van der Waals surface area contributed by atoms with Crippen LogP contribution in [0.2, 0.25) is 0 Å². The lowest BCUT2D eigenvalue weighted by atomic mass is 10.0. The van der Waals surface area contributed by atoms with Gasteiger partial charge in [-0.3, -0.25) is 4.79 Å². The molecule has 0 saturated carbocycles. The van der Waals surface area contributed by atoms with Crippen LogP contribution in [0.5, 0.6) is 0 Å². The molecule has 4 nitrogen and oxygen atoms in total. The topological polar surface area (TPSA) is 76.5 Å². The number of unbranched alkanes of at least 4 members (excludes halogenated alkanes) is 1. The molecule has 18 heavy (non-hydrogen) atoms. The summed E-state index contributed by atoms with van der Waals surface area (Å²) >= 11 is 0. The zero-order chi connectivity index (χ0) is 13.0. The van der Waals surface area contributed by atoms with Crippen molar-refractivity contribution in [2.45, 2.75) is 31.7 Å². The van der Waals surface area contributed by atoms with Gasteiger partial charge in [-0.25, -0.2) is 0 Å². The SMILES string of the molecule is NC(CCCCc1coc2ccccc12)C(=O)O. The van der Waals surface area contributed by atoms with Gasteiger partial charge in [-0.1, -0.05) is 24.6 Å². The number of hydrogen-bond donors (Lipinski definition) is 2. The van der Waals surface area contributed by atoms with Crippen LogP contribution in [0.3, 0.4) is 0 Å². The highest BCUT2D eigenvalue weighted by Gasteiger charge is 2.10. The molecule has 1 atom stereocenters. The molecule has 0 saturated heterocycles. The highest BCUT2D eigenvalue weighted by molar-refractivity contribution is 5.80. The van der Waals surface area contributed by atoms with Crippen LogP contribution in [0.25, 0.3) is 11.0 Å². The van der Waals surface area contributed by atoms with Crippen LogP contribution in [0.4, 0.5) is 0 Å². The Bertz CT molecular complexity index is 533. The fourth-order valence-electron chi connectivity index (χ4n) is 2.03. The summed E-state index contributed by atoms with van der Waals surface area (Å²) in [5.41, 5.74) is 7.52. The largest absolute Gasteiger partial charge is 0.480 e. The van der Waals surface area contributed by atoms with Crippen LogP contribution >= 0.6 is 0 Å². The van der Waals surface area contributed by atoms with Gasteiger partial charge in [0, 0.05) is 5.39 Å². The van der Waals surface area contributed by atoms with Gasteiger partial charge in [0.1, 0.15) is 11.6 Å². The second-order valence-corrected chi connectivity index (χ2v) is 4.45. The van der Waals surface area contributed by atoms with Gasteiger partial charge in [-0.05, 0) is 30.9 Å². The van der Waals surface area contributed by atoms with Gasteiger partial charge in [-0.15, -0.1) is 0 Å². The molecule has 0 spiro atoms. The maximum Gasteiger partial charge on any atom is 0.320 e. The Morgan fingerprint density at radius 2 is 2.11 bits per heavy atom. The van der Waals surface area contributed by atoms with Crippen LogP contribution in [-0.4, -0.2) is 17.1 Å². The Morgan fingerprint density at radius 1 is 1.33 bits per heavy atom. The Balaban J connectivity index is 1.85. The molecule has 0 aliphatic heterocycles. The quantitative estimate of drug-likeness (QED) is 0.769. The summed E-state index contributed by atoms with van der Waals surface area (Å²) in [5.74, 6) is -0.927. The van der Waals surface area contributed by atoms with E-state index < -0.39 is 12.0 Å². The monoisotopic (exact) mass is 247 g/mol. The minimum Gasteiger partial charge on any atom is -0.480 e. The maximum atomic E-state index is 10.6. The number of nitrogens with two attached hydrogens (primary N) is 1. The number of rotatable bonds is 6. The van der Waals surface area contributed by atoms with Gasteiger partial charge in [0.15, 0.2) is 0 Å². The number of furan rings is 1. The molecular weight excluding hydrogens is 230 g/mol. The van der Waals surface area contributed by atoms with Gasteiger partial charge in [0.05, 0.1) is 6.26 Å². The van der Waals surface area contributed by atoms with E-state index in [1.807, 2.05) is 24.3 Å². The summed E-state index contributed by atoms with van der Waals surface area (Å²) < 4.78 is 5.45. The fraction of sp³-hybridized carbons (Fsp3) is 0.357. The molecule has 1 aromatic carbocycles. The first kappa shape index (κ1) is 12.6. The minimum absolute atomic E-state index is 0.519. The first-order chi connectivity index (χ1) is 8.68. The Morgan fingerprint density at radius 3 is 2.89 bits per heavy atom. The molecule has 1 heterocycles. The second-order valence-electron chi connectivity index (χ2n) is 4.45. The van der Waals surface area contributed by atoms with Crippen LogP contribution in [0, 0.1) is 0 Å². The van der Waals surface area contributed by atoms with E-state index in [4.69, 9.17) is 15.3 Å². The molecule has 2 rings (SSSR count). The fourth-order valence-corrected chi connectivity index (χ4v) is 2.03. The lowest BCUT2D eigenvalue weighted by molar-refractivity contribution is -0.138. The Labute approximate surface area is 105 Å². The van der Waals surface area contributed by atoms with E-state index >= 15 is 0 Å². The molecule has 0 aliphatic rings. The van der Waals surface area contributed by atoms with E-state index in [0.717, 1.165) is 30.2 Å². The third-order valence-electron chi connectivity index (χ3n) is 3.09. The third kappa shape index (κ3) is 2.90. The lowest BCUT2D eigenvalue weighted by Gasteiger charge is -2.05. The summed E-state index contributed by atoms with van der Waals surface area (Å²) in [5, 5.41) is 9.81. The van der Waals surface area contributed by atoms with Gasteiger partial charge in [-0.2, -0.15) is 0 Å². The molecule has 0 amide bonds. The number of hydrogen-bond acceptors (Lipinski definition) is 3. The van der Waals surface area contributed by atoms with Gasteiger partial charge in [0.25, 0.3) is 0 Å². The van der Waals surface area contributed by atoms with Crippen molar-refractivity contribution in [3.05, 3.63) is 36.1 Å². The minimum atomic E-state index is -0.927. The average molecular weight is 247 g/mol. The van der Waals surface area contributed by atoms with E-state index in [0.29, 0.717) is 6.42 Å². The lowest BCUT2D eigenvalue weighted by Crippen LogP contribution is -2.29. The number of carboxylic acids is 1. The number of carboxylic acid groups (broad SMARTS) is 1. The molecule has 1 unspecified atom stereocenters. The second kappa shape index (κ2) is 5.69. The van der Waals surface area contributed by atoms with E-state index in [1.165, 1.54) is 5.56 Å². The van der Waals surface area contributed by atoms with Gasteiger partial charge >= 0.3 is 5.97 Å². The maximum absolute atomic E-state index is 10.6. The Hall–Kier alpha value is -1.81. The average Bonchev–Trinajstić information content (AvgIpc) is 2.77. The third-order valence-corrected chi connectivity index (χ3v) is 3.09. The zero-order valence-electron chi connectivity index (χ0n) is 10.1. The van der Waals surface area contributed by atoms with Crippen LogP contribution in [0.15, 0.2) is 34.9 Å². The summed E-state index contributed by atoms with van der Waals surface area (Å²) in [4.78, 5) is 10.6. The van der Waals surface area contributed by atoms with E-state index in [1.54, 1.807) is 6.26 Å². The molecule has 0 bridgehead atoms. The summed E-state index contributed by atoms with van der Waals surface area (Å²) in [6.07, 6.45) is 4.92. The predicted molar refractivity (Wildman–Crippen MR) is 69.4 cm³/mol. The standard InChI is InChI=1S/C14H17NO3/c15-12(14(16)17)7-3-1-5-10-9-18-13-8-4-2-6-11(10)13/h2,4,6,8-9,12H,1,3,5,7,15H2,(H,16,17). The molecule has 0 radical (unpaired) electrons. The van der Waals surface area contributed by atoms with Crippen LogP contribution in [0.1, 0.15) is 24.8 Å². The van der Waals surface area contributed by atoms with Gasteiger partial charge < -0.3 is 15.3 Å². The molecule has 2 aromatic rings. The normalized spacial score (nSPS) is 12.7. The van der Waals surface area contributed by atoms with Crippen molar-refractivity contribution in [2.24, 2.45) is 5.73 Å². The molecule has 4 heteroatoms. The molecule has 1 aromatic heterocycles. The van der Waals surface area contributed by atoms with Crippen LogP contribution < -0.4 is 5.73 Å². The Kier molecular flexibility index (Phi) is 3.99. The first-order valence-electron chi connectivity index (χ1n) is 6.12. The summed E-state index contributed by atoms with van der Waals surface area (Å²) in [6, 6.07) is 7.17. The predicted octanol–water partition coefficient (Wildman–Crippen LogP) is 2.56. The number of para-hydroxylation sites is 1. The number of benzene rings is 1. The number of carbonyl (C=O) groups is 1. The van der Waals surface area contributed by atoms with Crippen molar-refractivity contribution in [1.82, 2.24) is 0 Å². The van der Waals surface area contributed by atoms with E-state index in [-0.39, 0.29) is 0 Å². The van der Waals surface area contributed by atoms with E-state index in [9.17, 15) is 4.79 Å². The van der Waals surface area contributed by atoms with Crippen molar-refractivity contribution in [1.29, 1.82) is 0 Å². The molecular formula is C14H17NO3. The zero-order valence-corrected chi connectivity index (χ0v) is 10.1. The number of fused-ring (bicyclic) bond motifs is 1. The molecule has 0 fully saturated rings.